The van der Waals surface area contributed by atoms with Crippen LogP contribution < -0.4 is 10.1 Å². The van der Waals surface area contributed by atoms with Crippen LogP contribution in [0.4, 0.5) is 5.69 Å². The van der Waals surface area contributed by atoms with E-state index in [1.807, 2.05) is 73.7 Å². The van der Waals surface area contributed by atoms with Crippen LogP contribution in [0, 0.1) is 12.8 Å². The van der Waals surface area contributed by atoms with Gasteiger partial charge in [-0.15, -0.1) is 0 Å². The Kier molecular flexibility index (Phi) is 7.91. The van der Waals surface area contributed by atoms with Crippen molar-refractivity contribution in [2.45, 2.75) is 32.7 Å². The fourth-order valence-corrected chi connectivity index (χ4v) is 4.58. The fourth-order valence-electron chi connectivity index (χ4n) is 4.58. The number of anilines is 1. The molecule has 1 saturated heterocycles. The lowest BCUT2D eigenvalue weighted by Gasteiger charge is -2.30. The number of nitrogens with zero attached hydrogens (tertiary/aromatic N) is 3. The minimum absolute atomic E-state index is 0.0250. The van der Waals surface area contributed by atoms with Crippen LogP contribution >= 0.6 is 0 Å². The summed E-state index contributed by atoms with van der Waals surface area (Å²) >= 11 is 0. The number of amides is 1. The third-order valence-corrected chi connectivity index (χ3v) is 6.62. The van der Waals surface area contributed by atoms with E-state index < -0.39 is 0 Å². The van der Waals surface area contributed by atoms with Crippen LogP contribution in [0.15, 0.2) is 83.4 Å². The van der Waals surface area contributed by atoms with Gasteiger partial charge in [0.25, 0.3) is 0 Å². The van der Waals surface area contributed by atoms with Crippen molar-refractivity contribution >= 4 is 11.6 Å². The highest BCUT2D eigenvalue weighted by atomic mass is 16.5. The van der Waals surface area contributed by atoms with Crippen LogP contribution in [0.1, 0.15) is 29.9 Å². The highest BCUT2D eigenvalue weighted by Gasteiger charge is 2.27. The highest BCUT2D eigenvalue weighted by molar-refractivity contribution is 5.92. The number of nitrogens with one attached hydrogen (secondary N) is 1. The molecule has 1 amide bonds. The smallest absolute Gasteiger partial charge is 0.241 e. The topological polar surface area (TPSA) is 80.5 Å². The second-order valence-electron chi connectivity index (χ2n) is 9.55. The molecule has 5 rings (SSSR count). The van der Waals surface area contributed by atoms with Crippen LogP contribution in [0.2, 0.25) is 0 Å². The summed E-state index contributed by atoms with van der Waals surface area (Å²) in [6, 6.07) is 25.9. The Bertz CT molecular complexity index is 1300. The normalized spacial score (nSPS) is 15.9. The molecule has 0 radical (unpaired) electrons. The van der Waals surface area contributed by atoms with Gasteiger partial charge in [-0.2, -0.15) is 4.98 Å². The maximum absolute atomic E-state index is 13.1. The monoisotopic (exact) mass is 496 g/mol. The number of carbonyl (C=O) groups excluding carboxylic acids is 1. The summed E-state index contributed by atoms with van der Waals surface area (Å²) < 4.78 is 11.4. The third-order valence-electron chi connectivity index (χ3n) is 6.62. The van der Waals surface area contributed by atoms with Crippen molar-refractivity contribution in [1.82, 2.24) is 15.0 Å². The van der Waals surface area contributed by atoms with Crippen molar-refractivity contribution in [3.8, 4) is 17.1 Å². The van der Waals surface area contributed by atoms with Gasteiger partial charge in [0.1, 0.15) is 5.75 Å². The maximum Gasteiger partial charge on any atom is 0.241 e. The van der Waals surface area contributed by atoms with Gasteiger partial charge in [0.2, 0.25) is 17.6 Å². The molecule has 1 unspecified atom stereocenters. The van der Waals surface area contributed by atoms with E-state index in [-0.39, 0.29) is 11.8 Å². The summed E-state index contributed by atoms with van der Waals surface area (Å²) in [4.78, 5) is 19.8. The quantitative estimate of drug-likeness (QED) is 0.329. The van der Waals surface area contributed by atoms with Gasteiger partial charge in [-0.3, -0.25) is 9.69 Å². The first kappa shape index (κ1) is 24.7. The molecular formula is C30H32N4O3. The largest absolute Gasteiger partial charge is 0.493 e. The van der Waals surface area contributed by atoms with E-state index in [9.17, 15) is 4.79 Å². The minimum atomic E-state index is -0.101. The van der Waals surface area contributed by atoms with E-state index in [1.165, 1.54) is 11.1 Å². The second-order valence-corrected chi connectivity index (χ2v) is 9.55. The van der Waals surface area contributed by atoms with Gasteiger partial charge in [0.15, 0.2) is 0 Å². The molecule has 1 aromatic heterocycles. The lowest BCUT2D eigenvalue weighted by molar-refractivity contribution is -0.121. The number of ether oxygens (including phenoxy) is 1. The van der Waals surface area contributed by atoms with Gasteiger partial charge in [-0.25, -0.2) is 0 Å². The zero-order valence-corrected chi connectivity index (χ0v) is 21.1. The van der Waals surface area contributed by atoms with Gasteiger partial charge < -0.3 is 14.6 Å². The summed E-state index contributed by atoms with van der Waals surface area (Å²) in [5.74, 6) is 1.83. The van der Waals surface area contributed by atoms with E-state index in [1.54, 1.807) is 0 Å². The Morgan fingerprint density at radius 2 is 1.92 bits per heavy atom. The Morgan fingerprint density at radius 1 is 1.08 bits per heavy atom. The van der Waals surface area contributed by atoms with Gasteiger partial charge >= 0.3 is 0 Å². The highest BCUT2D eigenvalue weighted by Crippen LogP contribution is 2.23. The minimum Gasteiger partial charge on any atom is -0.493 e. The van der Waals surface area contributed by atoms with E-state index in [0.29, 0.717) is 31.4 Å². The molecule has 1 fully saturated rings. The first-order valence-corrected chi connectivity index (χ1v) is 12.8. The third kappa shape index (κ3) is 6.83. The Labute approximate surface area is 217 Å². The van der Waals surface area contributed by atoms with Crippen LogP contribution in [-0.4, -0.2) is 40.6 Å². The maximum atomic E-state index is 13.1. The van der Waals surface area contributed by atoms with Crippen molar-refractivity contribution in [2.24, 2.45) is 5.92 Å². The predicted molar refractivity (Wildman–Crippen MR) is 143 cm³/mol. The van der Waals surface area contributed by atoms with Gasteiger partial charge in [-0.1, -0.05) is 71.4 Å². The van der Waals surface area contributed by atoms with Crippen molar-refractivity contribution in [2.75, 3.05) is 25.0 Å². The number of hydrogen-bond donors (Lipinski definition) is 1. The van der Waals surface area contributed by atoms with Crippen LogP contribution in [0.3, 0.4) is 0 Å². The van der Waals surface area contributed by atoms with Crippen LogP contribution in [0.25, 0.3) is 11.4 Å². The standard InChI is InChI=1S/C30H32N4O3/c1-22-12-14-24(15-13-22)29-32-28(37-33-29)21-34-17-6-9-25(20-34)30(35)31-26-10-5-11-27(19-26)36-18-16-23-7-3-2-4-8-23/h2-5,7-8,10-15,19,25H,6,9,16-18,20-21H2,1H3,(H,31,35). The molecule has 1 atom stereocenters. The number of carbonyl (C=O) groups is 1. The van der Waals surface area contributed by atoms with E-state index in [4.69, 9.17) is 9.26 Å². The molecule has 0 aliphatic carbocycles. The van der Waals surface area contributed by atoms with Crippen molar-refractivity contribution in [3.05, 3.63) is 95.9 Å². The molecule has 0 spiro atoms. The summed E-state index contributed by atoms with van der Waals surface area (Å²) in [7, 11) is 0. The summed E-state index contributed by atoms with van der Waals surface area (Å²) in [6.07, 6.45) is 2.63. The molecule has 37 heavy (non-hydrogen) atoms. The lowest BCUT2D eigenvalue weighted by Crippen LogP contribution is -2.40. The molecule has 3 aromatic carbocycles. The predicted octanol–water partition coefficient (Wildman–Crippen LogP) is 5.52. The molecule has 4 aromatic rings. The first-order valence-electron chi connectivity index (χ1n) is 12.8. The summed E-state index contributed by atoms with van der Waals surface area (Å²) in [6.45, 7) is 4.72. The van der Waals surface area contributed by atoms with Crippen LogP contribution in [0.5, 0.6) is 5.75 Å². The SMILES string of the molecule is Cc1ccc(-c2noc(CN3CCCC(C(=O)Nc4cccc(OCCc5ccccc5)c4)C3)n2)cc1. The van der Waals surface area contributed by atoms with Gasteiger partial charge in [0.05, 0.1) is 19.1 Å². The van der Waals surface area contributed by atoms with E-state index in [2.05, 4.69) is 32.5 Å². The fraction of sp³-hybridized carbons (Fsp3) is 0.300. The molecule has 190 valence electrons. The van der Waals surface area contributed by atoms with Crippen LogP contribution in [-0.2, 0) is 17.8 Å². The van der Waals surface area contributed by atoms with Gasteiger partial charge in [-0.05, 0) is 44.0 Å². The Balaban J connectivity index is 1.12. The van der Waals surface area contributed by atoms with Crippen molar-refractivity contribution in [3.63, 3.8) is 0 Å². The van der Waals surface area contributed by atoms with Crippen molar-refractivity contribution < 1.29 is 14.1 Å². The van der Waals surface area contributed by atoms with E-state index >= 15 is 0 Å². The number of aryl methyl sites for hydroxylation is 1. The molecule has 1 aliphatic heterocycles. The summed E-state index contributed by atoms with van der Waals surface area (Å²) in [5, 5.41) is 7.21. The molecule has 1 N–H and O–H groups in total. The number of piperidine rings is 1. The molecule has 0 bridgehead atoms. The molecular weight excluding hydrogens is 464 g/mol. The Hall–Kier alpha value is -3.97. The zero-order chi connectivity index (χ0) is 25.5. The lowest BCUT2D eigenvalue weighted by atomic mass is 9.97. The average Bonchev–Trinajstić information content (AvgIpc) is 3.38. The second kappa shape index (κ2) is 11.8. The molecule has 7 heteroatoms. The first-order chi connectivity index (χ1) is 18.1. The molecule has 7 nitrogen and oxygen atoms in total. The average molecular weight is 497 g/mol. The molecule has 1 aliphatic rings. The van der Waals surface area contributed by atoms with Crippen molar-refractivity contribution in [1.29, 1.82) is 0 Å². The number of aromatic nitrogens is 2. The van der Waals surface area contributed by atoms with E-state index in [0.717, 1.165) is 42.8 Å². The number of hydrogen-bond acceptors (Lipinski definition) is 6. The summed E-state index contributed by atoms with van der Waals surface area (Å²) in [5.41, 5.74) is 4.11. The zero-order valence-electron chi connectivity index (χ0n) is 21.1. The number of rotatable bonds is 9. The number of likely N-dealkylation sites (tertiary alicyclic amines) is 1. The number of benzene rings is 3. The molecule has 2 heterocycles. The van der Waals surface area contributed by atoms with Gasteiger partial charge in [0, 0.05) is 30.3 Å². The molecule has 0 saturated carbocycles. The Morgan fingerprint density at radius 3 is 2.76 bits per heavy atom.